The van der Waals surface area contributed by atoms with Crippen molar-refractivity contribution >= 4 is 57.0 Å². The van der Waals surface area contributed by atoms with Gasteiger partial charge in [0.05, 0.1) is 0 Å². The molecule has 0 saturated carbocycles. The molecule has 0 aliphatic rings. The fourth-order valence-corrected chi connectivity index (χ4v) is 2.14. The Morgan fingerprint density at radius 1 is 1.11 bits per heavy atom. The van der Waals surface area contributed by atoms with Gasteiger partial charge in [-0.3, -0.25) is 0 Å². The van der Waals surface area contributed by atoms with Crippen LogP contribution in [0.15, 0.2) is 46.9 Å². The minimum absolute atomic E-state index is 0.466. The van der Waals surface area contributed by atoms with Crippen LogP contribution in [0.2, 0.25) is 5.02 Å². The molecule has 0 saturated heterocycles. The molecule has 0 spiro atoms. The molecule has 0 amide bonds. The number of nitrogens with one attached hydrogen (secondary N) is 1. The van der Waals surface area contributed by atoms with Gasteiger partial charge in [-0.15, -0.1) is 0 Å². The number of benzene rings is 2. The smallest absolute Gasteiger partial charge is 0.300 e. The van der Waals surface area contributed by atoms with Gasteiger partial charge in [0.25, 0.3) is 6.01 Å². The molecule has 2 aromatic carbocycles. The third-order valence-electron chi connectivity index (χ3n) is 2.45. The SMILES string of the molecule is Clc1ccc2oc(Nc3ccc(I)cc3)nc2c1. The molecule has 90 valence electrons. The third kappa shape index (κ3) is 2.44. The van der Waals surface area contributed by atoms with E-state index in [1.165, 1.54) is 3.57 Å². The number of hydrogen-bond donors (Lipinski definition) is 1. The van der Waals surface area contributed by atoms with Gasteiger partial charge in [-0.2, -0.15) is 4.98 Å². The Balaban J connectivity index is 1.92. The predicted molar refractivity (Wildman–Crippen MR) is 81.5 cm³/mol. The van der Waals surface area contributed by atoms with Gasteiger partial charge in [-0.05, 0) is 65.1 Å². The molecule has 0 unspecified atom stereocenters. The fraction of sp³-hybridized carbons (Fsp3) is 0. The third-order valence-corrected chi connectivity index (χ3v) is 3.40. The first-order valence-corrected chi connectivity index (χ1v) is 6.75. The summed E-state index contributed by atoms with van der Waals surface area (Å²) in [7, 11) is 0. The highest BCUT2D eigenvalue weighted by Crippen LogP contribution is 2.24. The summed E-state index contributed by atoms with van der Waals surface area (Å²) in [5.74, 6) is 0. The van der Waals surface area contributed by atoms with Crippen LogP contribution in [0.4, 0.5) is 11.7 Å². The van der Waals surface area contributed by atoms with Gasteiger partial charge in [0.15, 0.2) is 5.58 Å². The lowest BCUT2D eigenvalue weighted by atomic mass is 10.3. The Labute approximate surface area is 122 Å². The molecule has 5 heteroatoms. The predicted octanol–water partition coefficient (Wildman–Crippen LogP) is 4.83. The molecule has 1 aromatic heterocycles. The first kappa shape index (κ1) is 11.8. The number of halogens is 2. The second-order valence-electron chi connectivity index (χ2n) is 3.76. The van der Waals surface area contributed by atoms with Gasteiger partial charge >= 0.3 is 0 Å². The molecule has 1 N–H and O–H groups in total. The maximum absolute atomic E-state index is 5.90. The van der Waals surface area contributed by atoms with Crippen LogP contribution >= 0.6 is 34.2 Å². The normalized spacial score (nSPS) is 10.8. The van der Waals surface area contributed by atoms with Crippen LogP contribution < -0.4 is 5.32 Å². The fourth-order valence-electron chi connectivity index (χ4n) is 1.61. The summed E-state index contributed by atoms with van der Waals surface area (Å²) < 4.78 is 6.76. The maximum atomic E-state index is 5.90. The molecule has 0 aliphatic heterocycles. The van der Waals surface area contributed by atoms with Crippen LogP contribution in [0.5, 0.6) is 0 Å². The van der Waals surface area contributed by atoms with Crippen LogP contribution in [-0.4, -0.2) is 4.98 Å². The van der Waals surface area contributed by atoms with Gasteiger partial charge in [0.1, 0.15) is 5.52 Å². The number of oxazole rings is 1. The first-order chi connectivity index (χ1) is 8.70. The Kier molecular flexibility index (Phi) is 3.13. The molecule has 0 radical (unpaired) electrons. The van der Waals surface area contributed by atoms with Crippen molar-refractivity contribution in [2.24, 2.45) is 0 Å². The Bertz CT molecular complexity index is 694. The number of fused-ring (bicyclic) bond motifs is 1. The van der Waals surface area contributed by atoms with Crippen molar-refractivity contribution in [3.8, 4) is 0 Å². The van der Waals surface area contributed by atoms with Crippen molar-refractivity contribution in [2.45, 2.75) is 0 Å². The van der Waals surface area contributed by atoms with Gasteiger partial charge in [-0.25, -0.2) is 0 Å². The van der Waals surface area contributed by atoms with Crippen molar-refractivity contribution < 1.29 is 4.42 Å². The maximum Gasteiger partial charge on any atom is 0.300 e. The van der Waals surface area contributed by atoms with Crippen LogP contribution in [0.25, 0.3) is 11.1 Å². The van der Waals surface area contributed by atoms with E-state index in [4.69, 9.17) is 16.0 Å². The van der Waals surface area contributed by atoms with Gasteiger partial charge in [-0.1, -0.05) is 11.6 Å². The molecule has 18 heavy (non-hydrogen) atoms. The number of anilines is 2. The number of aromatic nitrogens is 1. The molecular formula is C13H8ClIN2O. The second-order valence-corrected chi connectivity index (χ2v) is 5.45. The van der Waals surface area contributed by atoms with Crippen LogP contribution in [0.1, 0.15) is 0 Å². The van der Waals surface area contributed by atoms with Crippen molar-refractivity contribution in [2.75, 3.05) is 5.32 Å². The lowest BCUT2D eigenvalue weighted by molar-refractivity contribution is 0.623. The minimum Gasteiger partial charge on any atom is -0.423 e. The topological polar surface area (TPSA) is 38.1 Å². The van der Waals surface area contributed by atoms with E-state index in [9.17, 15) is 0 Å². The quantitative estimate of drug-likeness (QED) is 0.657. The average molecular weight is 371 g/mol. The largest absolute Gasteiger partial charge is 0.423 e. The van der Waals surface area contributed by atoms with E-state index >= 15 is 0 Å². The number of hydrogen-bond acceptors (Lipinski definition) is 3. The molecule has 0 aliphatic carbocycles. The van der Waals surface area contributed by atoms with Crippen LogP contribution in [0.3, 0.4) is 0 Å². The van der Waals surface area contributed by atoms with E-state index in [0.29, 0.717) is 16.6 Å². The monoisotopic (exact) mass is 370 g/mol. The van der Waals surface area contributed by atoms with E-state index < -0.39 is 0 Å². The van der Waals surface area contributed by atoms with E-state index in [-0.39, 0.29) is 0 Å². The summed E-state index contributed by atoms with van der Waals surface area (Å²) in [5.41, 5.74) is 2.40. The average Bonchev–Trinajstić information content (AvgIpc) is 2.73. The van der Waals surface area contributed by atoms with Crippen molar-refractivity contribution in [1.29, 1.82) is 0 Å². The standard InChI is InChI=1S/C13H8ClIN2O/c14-8-1-6-12-11(7-8)17-13(18-12)16-10-4-2-9(15)3-5-10/h1-7H,(H,16,17). The highest BCUT2D eigenvalue weighted by molar-refractivity contribution is 14.1. The zero-order valence-electron chi connectivity index (χ0n) is 9.15. The molecule has 0 bridgehead atoms. The van der Waals surface area contributed by atoms with E-state index in [1.54, 1.807) is 12.1 Å². The molecule has 0 fully saturated rings. The molecule has 1 heterocycles. The first-order valence-electron chi connectivity index (χ1n) is 5.29. The lowest BCUT2D eigenvalue weighted by Crippen LogP contribution is -1.89. The lowest BCUT2D eigenvalue weighted by Gasteiger charge is -2.00. The number of rotatable bonds is 2. The number of nitrogens with zero attached hydrogens (tertiary/aromatic N) is 1. The van der Waals surface area contributed by atoms with Crippen LogP contribution in [-0.2, 0) is 0 Å². The molecule has 0 atom stereocenters. The van der Waals surface area contributed by atoms with E-state index in [2.05, 4.69) is 32.9 Å². The summed E-state index contributed by atoms with van der Waals surface area (Å²) in [6.45, 7) is 0. The summed E-state index contributed by atoms with van der Waals surface area (Å²) in [4.78, 5) is 4.33. The minimum atomic E-state index is 0.466. The van der Waals surface area contributed by atoms with Gasteiger partial charge in [0, 0.05) is 14.3 Å². The molecular weight excluding hydrogens is 363 g/mol. The molecule has 3 nitrogen and oxygen atoms in total. The van der Waals surface area contributed by atoms with Crippen molar-refractivity contribution in [1.82, 2.24) is 4.98 Å². The van der Waals surface area contributed by atoms with E-state index in [1.807, 2.05) is 30.3 Å². The second kappa shape index (κ2) is 4.78. The summed E-state index contributed by atoms with van der Waals surface area (Å²) in [6, 6.07) is 13.8. The van der Waals surface area contributed by atoms with Gasteiger partial charge < -0.3 is 9.73 Å². The Morgan fingerprint density at radius 3 is 2.67 bits per heavy atom. The zero-order chi connectivity index (χ0) is 12.5. The highest BCUT2D eigenvalue weighted by Gasteiger charge is 2.06. The highest BCUT2D eigenvalue weighted by atomic mass is 127. The molecule has 3 aromatic rings. The molecule has 3 rings (SSSR count). The summed E-state index contributed by atoms with van der Waals surface area (Å²) in [5, 5.41) is 3.77. The Morgan fingerprint density at radius 2 is 1.89 bits per heavy atom. The Hall–Kier alpha value is -1.27. The van der Waals surface area contributed by atoms with E-state index in [0.717, 1.165) is 11.2 Å². The summed E-state index contributed by atoms with van der Waals surface area (Å²) >= 11 is 8.16. The van der Waals surface area contributed by atoms with Crippen molar-refractivity contribution in [3.63, 3.8) is 0 Å². The zero-order valence-corrected chi connectivity index (χ0v) is 12.1. The van der Waals surface area contributed by atoms with Crippen LogP contribution in [0, 0.1) is 3.57 Å². The summed E-state index contributed by atoms with van der Waals surface area (Å²) in [6.07, 6.45) is 0. The van der Waals surface area contributed by atoms with Gasteiger partial charge in [0.2, 0.25) is 0 Å². The van der Waals surface area contributed by atoms with Crippen molar-refractivity contribution in [3.05, 3.63) is 51.1 Å².